The number of methoxy groups -OCH3 is 1. The lowest BCUT2D eigenvalue weighted by atomic mass is 9.80. The average molecular weight is 603 g/mol. The molecule has 14 heteroatoms. The van der Waals surface area contributed by atoms with E-state index in [2.05, 4.69) is 5.32 Å². The number of carboxylic acid groups (broad SMARTS) is 2. The van der Waals surface area contributed by atoms with Crippen LogP contribution in [0.5, 0.6) is 0 Å². The quantitative estimate of drug-likeness (QED) is 0.147. The number of hydrogen-bond acceptors (Lipinski definition) is 10. The second-order valence-electron chi connectivity index (χ2n) is 7.81. The van der Waals surface area contributed by atoms with E-state index in [0.717, 1.165) is 0 Å². The summed E-state index contributed by atoms with van der Waals surface area (Å²) in [5.41, 5.74) is 7.27. The van der Waals surface area contributed by atoms with E-state index < -0.39 is 29.8 Å². The van der Waals surface area contributed by atoms with Crippen molar-refractivity contribution in [3.8, 4) is 0 Å². The van der Waals surface area contributed by atoms with Gasteiger partial charge in [-0.05, 0) is 25.5 Å². The van der Waals surface area contributed by atoms with Crippen LogP contribution >= 0.6 is 23.2 Å². The molecule has 2 rings (SSSR count). The lowest BCUT2D eigenvalue weighted by Crippen LogP contribution is -2.35. The van der Waals surface area contributed by atoms with Crippen molar-refractivity contribution < 1.29 is 48.3 Å². The number of halogens is 2. The van der Waals surface area contributed by atoms with Gasteiger partial charge in [-0.3, -0.25) is 0 Å². The predicted octanol–water partition coefficient (Wildman–Crippen LogP) is 2.65. The zero-order valence-corrected chi connectivity index (χ0v) is 23.7. The number of hydrogen-bond donors (Lipinski definition) is 4. The summed E-state index contributed by atoms with van der Waals surface area (Å²) in [6.45, 7) is 5.10. The van der Waals surface area contributed by atoms with Crippen LogP contribution in [0.1, 0.15) is 25.3 Å². The summed E-state index contributed by atoms with van der Waals surface area (Å²) in [4.78, 5) is 44.9. The lowest BCUT2D eigenvalue weighted by molar-refractivity contribution is -0.139. The molecule has 1 aromatic rings. The molecule has 220 valence electrons. The fourth-order valence-electron chi connectivity index (χ4n) is 3.52. The number of carbonyl (C=O) groups is 4. The molecule has 1 aromatic carbocycles. The van der Waals surface area contributed by atoms with E-state index in [0.29, 0.717) is 53.9 Å². The number of carboxylic acids is 2. The first-order valence-corrected chi connectivity index (χ1v) is 12.6. The molecule has 1 aliphatic heterocycles. The Hall–Kier alpha value is -3.42. The maximum Gasteiger partial charge on any atom is 0.336 e. The average Bonchev–Trinajstić information content (AvgIpc) is 2.90. The molecule has 0 bridgehead atoms. The van der Waals surface area contributed by atoms with Gasteiger partial charge in [-0.15, -0.1) is 0 Å². The van der Waals surface area contributed by atoms with Gasteiger partial charge in [0.2, 0.25) is 0 Å². The van der Waals surface area contributed by atoms with Crippen LogP contribution in [0.2, 0.25) is 10.0 Å². The van der Waals surface area contributed by atoms with Gasteiger partial charge in [-0.2, -0.15) is 0 Å². The first-order valence-electron chi connectivity index (χ1n) is 11.9. The highest BCUT2D eigenvalue weighted by atomic mass is 35.5. The lowest BCUT2D eigenvalue weighted by Gasteiger charge is -2.31. The van der Waals surface area contributed by atoms with Crippen molar-refractivity contribution in [1.29, 1.82) is 0 Å². The van der Waals surface area contributed by atoms with Crippen molar-refractivity contribution in [3.05, 3.63) is 68.5 Å². The maximum absolute atomic E-state index is 13.1. The summed E-state index contributed by atoms with van der Waals surface area (Å²) in [7, 11) is 1.27. The second-order valence-corrected chi connectivity index (χ2v) is 8.59. The normalized spacial score (nSPS) is 14.8. The Balaban J connectivity index is 0.000000869. The molecule has 0 spiro atoms. The molecule has 0 radical (unpaired) electrons. The number of esters is 2. The Kier molecular flexibility index (Phi) is 15.6. The van der Waals surface area contributed by atoms with Gasteiger partial charge >= 0.3 is 23.9 Å². The van der Waals surface area contributed by atoms with E-state index in [1.54, 1.807) is 32.0 Å². The van der Waals surface area contributed by atoms with Crippen LogP contribution in [0, 0.1) is 0 Å². The minimum atomic E-state index is -1.26. The van der Waals surface area contributed by atoms with Gasteiger partial charge in [0.25, 0.3) is 0 Å². The van der Waals surface area contributed by atoms with Gasteiger partial charge < -0.3 is 40.2 Å². The van der Waals surface area contributed by atoms with E-state index in [1.807, 2.05) is 0 Å². The van der Waals surface area contributed by atoms with Crippen molar-refractivity contribution in [1.82, 2.24) is 5.32 Å². The minimum absolute atomic E-state index is 0.0562. The van der Waals surface area contributed by atoms with Gasteiger partial charge in [0.05, 0.1) is 73.0 Å². The zero-order valence-electron chi connectivity index (χ0n) is 22.2. The van der Waals surface area contributed by atoms with Crippen molar-refractivity contribution in [2.24, 2.45) is 5.73 Å². The second kappa shape index (κ2) is 18.0. The van der Waals surface area contributed by atoms with E-state index >= 15 is 0 Å². The van der Waals surface area contributed by atoms with Gasteiger partial charge in [-0.1, -0.05) is 35.3 Å². The molecule has 5 N–H and O–H groups in total. The van der Waals surface area contributed by atoms with Gasteiger partial charge in [0.1, 0.15) is 0 Å². The molecule has 0 saturated carbocycles. The van der Waals surface area contributed by atoms with Gasteiger partial charge in [0, 0.05) is 24.4 Å². The first-order chi connectivity index (χ1) is 19.0. The Morgan fingerprint density at radius 1 is 1.00 bits per heavy atom. The highest BCUT2D eigenvalue weighted by molar-refractivity contribution is 6.42. The fraction of sp³-hybridized carbons (Fsp3) is 0.385. The molecule has 1 unspecified atom stereocenters. The SMILES string of the molecule is CCOC(=O)C1=C(COCCOCCN)NC(C)=C(C(=O)OC)C1c1cccc(Cl)c1Cl.O=C(O)/C=C/C(=O)O. The summed E-state index contributed by atoms with van der Waals surface area (Å²) in [5, 5.41) is 19.3. The summed E-state index contributed by atoms with van der Waals surface area (Å²) in [5.74, 6) is -4.58. The number of aliphatic carboxylic acids is 2. The molecule has 1 aliphatic rings. The highest BCUT2D eigenvalue weighted by Crippen LogP contribution is 2.43. The minimum Gasteiger partial charge on any atom is -0.478 e. The monoisotopic (exact) mass is 602 g/mol. The number of dihydropyridines is 1. The zero-order chi connectivity index (χ0) is 30.2. The van der Waals surface area contributed by atoms with Crippen LogP contribution in [-0.2, 0) is 38.1 Å². The van der Waals surface area contributed by atoms with Crippen molar-refractivity contribution in [2.75, 3.05) is 46.7 Å². The molecule has 0 fully saturated rings. The molecule has 1 atom stereocenters. The topological polar surface area (TPSA) is 184 Å². The number of allylic oxidation sites excluding steroid dienone is 1. The number of nitrogens with one attached hydrogen (secondary N) is 1. The summed E-state index contributed by atoms with van der Waals surface area (Å²) in [6, 6.07) is 5.03. The molecule has 0 aliphatic carbocycles. The molecule has 0 saturated heterocycles. The van der Waals surface area contributed by atoms with Crippen LogP contribution in [0.3, 0.4) is 0 Å². The molecular formula is C26H32Cl2N2O10. The number of nitrogens with two attached hydrogens (primary N) is 1. The molecular weight excluding hydrogens is 571 g/mol. The van der Waals surface area contributed by atoms with Crippen molar-refractivity contribution >= 4 is 47.1 Å². The third kappa shape index (κ3) is 10.6. The molecule has 0 amide bonds. The van der Waals surface area contributed by atoms with Crippen LogP contribution < -0.4 is 11.1 Å². The number of benzene rings is 1. The maximum atomic E-state index is 13.1. The Morgan fingerprint density at radius 3 is 2.17 bits per heavy atom. The fourth-order valence-corrected chi connectivity index (χ4v) is 3.93. The van der Waals surface area contributed by atoms with E-state index in [1.165, 1.54) is 7.11 Å². The van der Waals surface area contributed by atoms with Crippen LogP contribution in [0.15, 0.2) is 52.9 Å². The van der Waals surface area contributed by atoms with E-state index in [4.69, 9.17) is 58.1 Å². The number of carbonyl (C=O) groups excluding carboxylic acids is 2. The van der Waals surface area contributed by atoms with Crippen LogP contribution in [-0.4, -0.2) is 80.8 Å². The first kappa shape index (κ1) is 34.6. The van der Waals surface area contributed by atoms with Gasteiger partial charge in [-0.25, -0.2) is 19.2 Å². The molecule has 1 heterocycles. The summed E-state index contributed by atoms with van der Waals surface area (Å²) >= 11 is 12.7. The van der Waals surface area contributed by atoms with Gasteiger partial charge in [0.15, 0.2) is 0 Å². The Morgan fingerprint density at radius 2 is 1.62 bits per heavy atom. The molecule has 0 aromatic heterocycles. The van der Waals surface area contributed by atoms with E-state index in [9.17, 15) is 19.2 Å². The number of ether oxygens (including phenoxy) is 4. The predicted molar refractivity (Wildman–Crippen MR) is 146 cm³/mol. The van der Waals surface area contributed by atoms with Crippen LogP contribution in [0.25, 0.3) is 0 Å². The third-order valence-electron chi connectivity index (χ3n) is 5.09. The highest BCUT2D eigenvalue weighted by Gasteiger charge is 2.40. The molecule has 40 heavy (non-hydrogen) atoms. The number of rotatable bonds is 13. The van der Waals surface area contributed by atoms with Crippen molar-refractivity contribution in [3.63, 3.8) is 0 Å². The van der Waals surface area contributed by atoms with E-state index in [-0.39, 0.29) is 36.0 Å². The largest absolute Gasteiger partial charge is 0.478 e. The Bertz CT molecular complexity index is 1150. The summed E-state index contributed by atoms with van der Waals surface area (Å²) in [6.07, 6.45) is 1.12. The smallest absolute Gasteiger partial charge is 0.336 e. The van der Waals surface area contributed by atoms with Crippen LogP contribution in [0.4, 0.5) is 0 Å². The summed E-state index contributed by atoms with van der Waals surface area (Å²) < 4.78 is 21.3. The van der Waals surface area contributed by atoms with Crippen molar-refractivity contribution in [2.45, 2.75) is 19.8 Å². The molecule has 12 nitrogen and oxygen atoms in total. The standard InChI is InChI=1S/C22H28Cl2N2O6.C4H4O4/c1-4-32-22(28)19-16(12-31-11-10-30-9-8-25)26-13(2)17(21(27)29-3)18(19)14-6-5-7-15(23)20(14)24;5-3(6)1-2-4(7)8/h5-7,18,26H,4,8-12,25H2,1-3H3;1-2H,(H,5,6)(H,7,8)/b;2-1+. The third-order valence-corrected chi connectivity index (χ3v) is 5.92. The Labute approximate surface area is 241 Å².